The highest BCUT2D eigenvalue weighted by atomic mass is 16.5. The minimum absolute atomic E-state index is 0.258. The smallest absolute Gasteiger partial charge is 0.407 e. The number of carboxylic acid groups (broad SMARTS) is 1. The van der Waals surface area contributed by atoms with E-state index in [-0.39, 0.29) is 6.10 Å². The lowest BCUT2D eigenvalue weighted by molar-refractivity contribution is -0.0451. The molecule has 0 bridgehead atoms. The molecule has 1 N–H and O–H groups in total. The van der Waals surface area contributed by atoms with E-state index < -0.39 is 12.1 Å². The number of nitrogens with zero attached hydrogens (tertiary/aromatic N) is 2. The van der Waals surface area contributed by atoms with Crippen LogP contribution in [0.15, 0.2) is 85.1 Å². The van der Waals surface area contributed by atoms with Crippen LogP contribution < -0.4 is 9.47 Å². The van der Waals surface area contributed by atoms with Crippen molar-refractivity contribution in [3.63, 3.8) is 0 Å². The van der Waals surface area contributed by atoms with Crippen LogP contribution >= 0.6 is 0 Å². The lowest BCUT2D eigenvalue weighted by Gasteiger charge is -2.39. The average molecular weight is 557 g/mol. The van der Waals surface area contributed by atoms with Crippen LogP contribution in [0.25, 0.3) is 10.9 Å². The summed E-state index contributed by atoms with van der Waals surface area (Å²) in [5.74, 6) is 1.55. The number of rotatable bonds is 12. The largest absolute Gasteiger partial charge is 0.496 e. The molecule has 1 saturated heterocycles. The van der Waals surface area contributed by atoms with Gasteiger partial charge in [-0.2, -0.15) is 0 Å². The van der Waals surface area contributed by atoms with Crippen molar-refractivity contribution in [3.8, 4) is 11.5 Å². The minimum atomic E-state index is -0.938. The zero-order valence-corrected chi connectivity index (χ0v) is 23.3. The third-order valence-corrected chi connectivity index (χ3v) is 7.33. The molecule has 1 aromatic heterocycles. The van der Waals surface area contributed by atoms with Gasteiger partial charge >= 0.3 is 6.09 Å². The summed E-state index contributed by atoms with van der Waals surface area (Å²) in [6, 6.07) is 25.1. The molecule has 8 nitrogen and oxygen atoms in total. The summed E-state index contributed by atoms with van der Waals surface area (Å²) >= 11 is 0. The second-order valence-corrected chi connectivity index (χ2v) is 10.1. The molecule has 1 fully saturated rings. The van der Waals surface area contributed by atoms with Crippen LogP contribution in [0, 0.1) is 0 Å². The fourth-order valence-electron chi connectivity index (χ4n) is 5.27. The number of carbonyl (C=O) groups is 1. The highest BCUT2D eigenvalue weighted by molar-refractivity contribution is 5.78. The summed E-state index contributed by atoms with van der Waals surface area (Å²) in [5, 5.41) is 11.0. The molecule has 4 aromatic rings. The van der Waals surface area contributed by atoms with Crippen molar-refractivity contribution in [1.29, 1.82) is 0 Å². The summed E-state index contributed by atoms with van der Waals surface area (Å²) in [4.78, 5) is 18.1. The summed E-state index contributed by atoms with van der Waals surface area (Å²) in [5.41, 5.74) is 3.84. The SMILES string of the molecule is COc1ccccc1COCCCOc1ccc(C2C(OCc3ccc4cccnc4c3)CCCN2C(=O)O)cc1. The van der Waals surface area contributed by atoms with Gasteiger partial charge in [-0.05, 0) is 54.3 Å². The van der Waals surface area contributed by atoms with Gasteiger partial charge in [0.1, 0.15) is 11.5 Å². The molecule has 3 aromatic carbocycles. The molecule has 1 aliphatic rings. The molecule has 0 radical (unpaired) electrons. The number of benzene rings is 3. The molecule has 0 saturated carbocycles. The fraction of sp³-hybridized carbons (Fsp3) is 0.333. The van der Waals surface area contributed by atoms with E-state index in [0.717, 1.165) is 58.4 Å². The maximum atomic E-state index is 12.1. The van der Waals surface area contributed by atoms with Gasteiger partial charge in [-0.25, -0.2) is 4.79 Å². The van der Waals surface area contributed by atoms with Gasteiger partial charge in [0.05, 0.1) is 51.2 Å². The topological polar surface area (TPSA) is 90.4 Å². The maximum absolute atomic E-state index is 12.1. The fourth-order valence-corrected chi connectivity index (χ4v) is 5.27. The number of hydrogen-bond donors (Lipinski definition) is 1. The normalized spacial score (nSPS) is 17.0. The van der Waals surface area contributed by atoms with Crippen molar-refractivity contribution in [2.75, 3.05) is 26.9 Å². The Bertz CT molecular complexity index is 1430. The van der Waals surface area contributed by atoms with Crippen LogP contribution in [-0.4, -0.2) is 54.1 Å². The Labute approximate surface area is 240 Å². The van der Waals surface area contributed by atoms with E-state index >= 15 is 0 Å². The average Bonchev–Trinajstić information content (AvgIpc) is 3.02. The van der Waals surface area contributed by atoms with Gasteiger partial charge in [0.15, 0.2) is 0 Å². The van der Waals surface area contributed by atoms with Crippen molar-refractivity contribution in [1.82, 2.24) is 9.88 Å². The zero-order chi connectivity index (χ0) is 28.4. The Morgan fingerprint density at radius 2 is 1.85 bits per heavy atom. The van der Waals surface area contributed by atoms with E-state index in [1.54, 1.807) is 13.3 Å². The van der Waals surface area contributed by atoms with Gasteiger partial charge in [0.25, 0.3) is 0 Å². The molecule has 5 rings (SSSR count). The molecule has 41 heavy (non-hydrogen) atoms. The van der Waals surface area contributed by atoms with Crippen LogP contribution in [0.2, 0.25) is 0 Å². The van der Waals surface area contributed by atoms with E-state index in [9.17, 15) is 9.90 Å². The second-order valence-electron chi connectivity index (χ2n) is 10.1. The van der Waals surface area contributed by atoms with Crippen molar-refractivity contribution in [3.05, 3.63) is 102 Å². The predicted octanol–water partition coefficient (Wildman–Crippen LogP) is 6.63. The molecule has 2 unspecified atom stereocenters. The second kappa shape index (κ2) is 14.0. The van der Waals surface area contributed by atoms with Crippen LogP contribution in [-0.2, 0) is 22.7 Å². The van der Waals surface area contributed by atoms with Gasteiger partial charge in [0.2, 0.25) is 0 Å². The van der Waals surface area contributed by atoms with Crippen molar-refractivity contribution < 1.29 is 28.8 Å². The van der Waals surface area contributed by atoms with Crippen LogP contribution in [0.3, 0.4) is 0 Å². The highest BCUT2D eigenvalue weighted by Gasteiger charge is 2.36. The highest BCUT2D eigenvalue weighted by Crippen LogP contribution is 2.35. The van der Waals surface area contributed by atoms with Crippen molar-refractivity contribution >= 4 is 17.0 Å². The van der Waals surface area contributed by atoms with Crippen molar-refractivity contribution in [2.24, 2.45) is 0 Å². The van der Waals surface area contributed by atoms with E-state index in [2.05, 4.69) is 4.98 Å². The zero-order valence-electron chi connectivity index (χ0n) is 23.3. The van der Waals surface area contributed by atoms with Gasteiger partial charge in [-0.1, -0.05) is 48.5 Å². The number of hydrogen-bond acceptors (Lipinski definition) is 6. The molecule has 0 aliphatic carbocycles. The van der Waals surface area contributed by atoms with Crippen molar-refractivity contribution in [2.45, 2.75) is 44.6 Å². The Morgan fingerprint density at radius 1 is 1.00 bits per heavy atom. The van der Waals surface area contributed by atoms with Gasteiger partial charge in [-0.3, -0.25) is 9.88 Å². The number of para-hydroxylation sites is 1. The Kier molecular flexibility index (Phi) is 9.67. The minimum Gasteiger partial charge on any atom is -0.496 e. The number of aromatic nitrogens is 1. The summed E-state index contributed by atoms with van der Waals surface area (Å²) < 4.78 is 23.4. The first kappa shape index (κ1) is 28.4. The molecule has 1 amide bonds. The van der Waals surface area contributed by atoms with Crippen LogP contribution in [0.4, 0.5) is 4.79 Å². The first-order valence-electron chi connectivity index (χ1n) is 14.0. The Balaban J connectivity index is 1.15. The number of methoxy groups -OCH3 is 1. The number of amides is 1. The Morgan fingerprint density at radius 3 is 2.68 bits per heavy atom. The first-order valence-corrected chi connectivity index (χ1v) is 14.0. The Hall–Kier alpha value is -4.14. The van der Waals surface area contributed by atoms with E-state index in [1.807, 2.05) is 78.9 Å². The molecular formula is C33H36N2O6. The number of pyridine rings is 1. The molecule has 2 heterocycles. The summed E-state index contributed by atoms with van der Waals surface area (Å²) in [7, 11) is 1.66. The standard InChI is InChI=1S/C33H36N2O6/c1-38-30-9-3-2-7-27(30)23-39-19-6-20-40-28-15-13-26(14-16-28)32-31(10-5-18-35(32)33(36)37)41-22-24-11-12-25-8-4-17-34-29(25)21-24/h2-4,7-9,11-17,21,31-32H,5-6,10,18-20,22-23H2,1H3,(H,36,37). The first-order chi connectivity index (χ1) is 20.1. The number of piperidine rings is 1. The van der Waals surface area contributed by atoms with E-state index in [0.29, 0.717) is 33.0 Å². The van der Waals surface area contributed by atoms with Gasteiger partial charge in [-0.15, -0.1) is 0 Å². The molecule has 8 heteroatoms. The van der Waals surface area contributed by atoms with Crippen LogP contribution in [0.5, 0.6) is 11.5 Å². The van der Waals surface area contributed by atoms with E-state index in [1.165, 1.54) is 4.90 Å². The monoisotopic (exact) mass is 556 g/mol. The van der Waals surface area contributed by atoms with Crippen LogP contribution in [0.1, 0.15) is 42.0 Å². The number of fused-ring (bicyclic) bond motifs is 1. The lowest BCUT2D eigenvalue weighted by Crippen LogP contribution is -2.45. The molecular weight excluding hydrogens is 520 g/mol. The predicted molar refractivity (Wildman–Crippen MR) is 156 cm³/mol. The number of likely N-dealkylation sites (tertiary alicyclic amines) is 1. The molecule has 2 atom stereocenters. The maximum Gasteiger partial charge on any atom is 0.407 e. The quantitative estimate of drug-likeness (QED) is 0.196. The third-order valence-electron chi connectivity index (χ3n) is 7.33. The molecule has 0 spiro atoms. The summed E-state index contributed by atoms with van der Waals surface area (Å²) in [6.45, 7) is 2.44. The van der Waals surface area contributed by atoms with Gasteiger partial charge in [0, 0.05) is 30.1 Å². The van der Waals surface area contributed by atoms with Gasteiger partial charge < -0.3 is 24.1 Å². The lowest BCUT2D eigenvalue weighted by atomic mass is 9.92. The number of ether oxygens (including phenoxy) is 4. The summed E-state index contributed by atoms with van der Waals surface area (Å²) in [6.07, 6.45) is 2.87. The molecule has 1 aliphatic heterocycles. The third kappa shape index (κ3) is 7.34. The van der Waals surface area contributed by atoms with E-state index in [4.69, 9.17) is 18.9 Å². The molecule has 214 valence electrons.